The van der Waals surface area contributed by atoms with Gasteiger partial charge in [-0.3, -0.25) is 9.89 Å². The molecule has 22 heavy (non-hydrogen) atoms. The van der Waals surface area contributed by atoms with Gasteiger partial charge in [0.1, 0.15) is 11.5 Å². The number of nitrogens with two attached hydrogens (primary N) is 1. The first kappa shape index (κ1) is 14.8. The van der Waals surface area contributed by atoms with E-state index in [4.69, 9.17) is 10.2 Å². The van der Waals surface area contributed by atoms with Gasteiger partial charge in [0.15, 0.2) is 11.5 Å². The van der Waals surface area contributed by atoms with E-state index in [1.165, 1.54) is 0 Å². The molecule has 1 unspecified atom stereocenters. The van der Waals surface area contributed by atoms with E-state index < -0.39 is 0 Å². The van der Waals surface area contributed by atoms with Gasteiger partial charge in [0.2, 0.25) is 0 Å². The van der Waals surface area contributed by atoms with Crippen molar-refractivity contribution in [2.75, 3.05) is 13.1 Å². The monoisotopic (exact) mass is 302 g/mol. The quantitative estimate of drug-likeness (QED) is 0.909. The van der Waals surface area contributed by atoms with Gasteiger partial charge in [-0.1, -0.05) is 0 Å². The van der Waals surface area contributed by atoms with Crippen molar-refractivity contribution in [3.63, 3.8) is 0 Å². The highest BCUT2D eigenvalue weighted by atomic mass is 16.3. The largest absolute Gasteiger partial charge is 0.460 e. The minimum atomic E-state index is -0.0334. The molecular weight excluding hydrogens is 280 g/mol. The van der Waals surface area contributed by atoms with Crippen LogP contribution in [-0.4, -0.2) is 40.1 Å². The van der Waals surface area contributed by atoms with Crippen molar-refractivity contribution in [3.05, 3.63) is 29.7 Å². The molecule has 0 radical (unpaired) electrons. The second-order valence-corrected chi connectivity index (χ2v) is 6.07. The minimum Gasteiger partial charge on any atom is -0.460 e. The minimum absolute atomic E-state index is 0.0334. The average molecular weight is 302 g/mol. The predicted molar refractivity (Wildman–Crippen MR) is 83.3 cm³/mol. The van der Waals surface area contributed by atoms with Gasteiger partial charge in [-0.05, 0) is 44.7 Å². The van der Waals surface area contributed by atoms with Gasteiger partial charge >= 0.3 is 0 Å². The summed E-state index contributed by atoms with van der Waals surface area (Å²) in [6.07, 6.45) is 1.91. The molecule has 1 atom stereocenters. The number of H-pyrrole nitrogens is 1. The number of nitrogens with zero attached hydrogens (tertiary/aromatic N) is 2. The maximum Gasteiger partial charge on any atom is 0.274 e. The SMILES string of the molecule is Cc1ccc(-c2cc(C(=O)N3CCC(C(C)N)CC3)n[nH]2)o1. The molecule has 6 heteroatoms. The summed E-state index contributed by atoms with van der Waals surface area (Å²) in [6, 6.07) is 5.69. The van der Waals surface area contributed by atoms with Crippen LogP contribution < -0.4 is 5.73 Å². The standard InChI is InChI=1S/C16H22N4O2/c1-10-3-4-15(22-10)13-9-14(19-18-13)16(21)20-7-5-12(6-8-20)11(2)17/h3-4,9,11-12H,5-8,17H2,1-2H3,(H,18,19). The van der Waals surface area contributed by atoms with E-state index in [9.17, 15) is 4.79 Å². The number of piperidine rings is 1. The molecule has 1 saturated heterocycles. The lowest BCUT2D eigenvalue weighted by atomic mass is 9.91. The molecule has 1 aliphatic heterocycles. The smallest absolute Gasteiger partial charge is 0.274 e. The van der Waals surface area contributed by atoms with E-state index in [1.807, 2.05) is 30.9 Å². The molecule has 118 valence electrons. The van der Waals surface area contributed by atoms with E-state index in [0.29, 0.717) is 17.4 Å². The van der Waals surface area contributed by atoms with Gasteiger partial charge in [-0.2, -0.15) is 5.10 Å². The van der Waals surface area contributed by atoms with Gasteiger partial charge in [-0.15, -0.1) is 0 Å². The van der Waals surface area contributed by atoms with Gasteiger partial charge in [0.05, 0.1) is 0 Å². The van der Waals surface area contributed by atoms with Crippen molar-refractivity contribution in [1.82, 2.24) is 15.1 Å². The molecule has 3 rings (SSSR count). The maximum absolute atomic E-state index is 12.5. The van der Waals surface area contributed by atoms with E-state index in [1.54, 1.807) is 6.07 Å². The molecule has 3 N–H and O–H groups in total. The molecular formula is C16H22N4O2. The zero-order valence-electron chi connectivity index (χ0n) is 13.0. The molecule has 1 aliphatic rings. The number of aromatic nitrogens is 2. The van der Waals surface area contributed by atoms with Crippen molar-refractivity contribution < 1.29 is 9.21 Å². The van der Waals surface area contributed by atoms with Crippen LogP contribution in [0.15, 0.2) is 22.6 Å². The predicted octanol–water partition coefficient (Wildman–Crippen LogP) is 2.18. The van der Waals surface area contributed by atoms with Crippen LogP contribution in [0.1, 0.15) is 36.0 Å². The summed E-state index contributed by atoms with van der Waals surface area (Å²) in [7, 11) is 0. The Morgan fingerprint density at radius 1 is 1.45 bits per heavy atom. The summed E-state index contributed by atoms with van der Waals surface area (Å²) in [5.74, 6) is 1.99. The maximum atomic E-state index is 12.5. The topological polar surface area (TPSA) is 88.1 Å². The summed E-state index contributed by atoms with van der Waals surface area (Å²) in [4.78, 5) is 14.4. The van der Waals surface area contributed by atoms with Crippen molar-refractivity contribution in [1.29, 1.82) is 0 Å². The molecule has 0 aliphatic carbocycles. The molecule has 2 aromatic heterocycles. The Kier molecular flexibility index (Phi) is 4.02. The number of furan rings is 1. The van der Waals surface area contributed by atoms with Crippen LogP contribution in [-0.2, 0) is 0 Å². The summed E-state index contributed by atoms with van der Waals surface area (Å²) < 4.78 is 5.54. The zero-order chi connectivity index (χ0) is 15.7. The van der Waals surface area contributed by atoms with Crippen LogP contribution in [0.4, 0.5) is 0 Å². The van der Waals surface area contributed by atoms with Crippen LogP contribution >= 0.6 is 0 Å². The number of amides is 1. The summed E-state index contributed by atoms with van der Waals surface area (Å²) in [5, 5.41) is 7.00. The second-order valence-electron chi connectivity index (χ2n) is 6.07. The summed E-state index contributed by atoms with van der Waals surface area (Å²) >= 11 is 0. The van der Waals surface area contributed by atoms with E-state index in [-0.39, 0.29) is 11.9 Å². The van der Waals surface area contributed by atoms with Gasteiger partial charge < -0.3 is 15.1 Å². The molecule has 0 aromatic carbocycles. The lowest BCUT2D eigenvalue weighted by molar-refractivity contribution is 0.0675. The number of carbonyl (C=O) groups is 1. The first-order valence-electron chi connectivity index (χ1n) is 7.71. The van der Waals surface area contributed by atoms with Crippen LogP contribution in [0, 0.1) is 12.8 Å². The van der Waals surface area contributed by atoms with Crippen molar-refractivity contribution in [2.45, 2.75) is 32.7 Å². The third-order valence-electron chi connectivity index (χ3n) is 4.37. The highest BCUT2D eigenvalue weighted by molar-refractivity contribution is 5.93. The zero-order valence-corrected chi connectivity index (χ0v) is 13.0. The molecule has 2 aromatic rings. The van der Waals surface area contributed by atoms with Crippen LogP contribution in [0.3, 0.4) is 0 Å². The molecule has 3 heterocycles. The third-order valence-corrected chi connectivity index (χ3v) is 4.37. The van der Waals surface area contributed by atoms with Crippen molar-refractivity contribution >= 4 is 5.91 Å². The number of hydrogen-bond acceptors (Lipinski definition) is 4. The number of hydrogen-bond donors (Lipinski definition) is 2. The number of nitrogens with one attached hydrogen (secondary N) is 1. The van der Waals surface area contributed by atoms with Crippen molar-refractivity contribution in [2.24, 2.45) is 11.7 Å². The number of aryl methyl sites for hydroxylation is 1. The Bertz CT molecular complexity index is 651. The van der Waals surface area contributed by atoms with E-state index in [0.717, 1.165) is 37.4 Å². The number of aromatic amines is 1. The van der Waals surface area contributed by atoms with Gasteiger partial charge in [0.25, 0.3) is 5.91 Å². The third kappa shape index (κ3) is 2.92. The van der Waals surface area contributed by atoms with Crippen LogP contribution in [0.2, 0.25) is 0 Å². The molecule has 1 fully saturated rings. The fraction of sp³-hybridized carbons (Fsp3) is 0.500. The number of likely N-dealkylation sites (tertiary alicyclic amines) is 1. The van der Waals surface area contributed by atoms with Gasteiger partial charge in [0, 0.05) is 25.2 Å². The molecule has 0 saturated carbocycles. The fourth-order valence-corrected chi connectivity index (χ4v) is 2.93. The lowest BCUT2D eigenvalue weighted by Crippen LogP contribution is -2.42. The normalized spacial score (nSPS) is 17.7. The first-order chi connectivity index (χ1) is 10.5. The van der Waals surface area contributed by atoms with Crippen LogP contribution in [0.25, 0.3) is 11.5 Å². The van der Waals surface area contributed by atoms with E-state index in [2.05, 4.69) is 10.2 Å². The molecule has 6 nitrogen and oxygen atoms in total. The van der Waals surface area contributed by atoms with Crippen molar-refractivity contribution in [3.8, 4) is 11.5 Å². The summed E-state index contributed by atoms with van der Waals surface area (Å²) in [5.41, 5.74) is 7.10. The number of carbonyl (C=O) groups excluding carboxylic acids is 1. The van der Waals surface area contributed by atoms with Crippen LogP contribution in [0.5, 0.6) is 0 Å². The summed E-state index contributed by atoms with van der Waals surface area (Å²) in [6.45, 7) is 5.40. The Morgan fingerprint density at radius 2 is 2.18 bits per heavy atom. The molecule has 0 spiro atoms. The fourth-order valence-electron chi connectivity index (χ4n) is 2.93. The van der Waals surface area contributed by atoms with Gasteiger partial charge in [-0.25, -0.2) is 0 Å². The molecule has 1 amide bonds. The Hall–Kier alpha value is -2.08. The number of rotatable bonds is 3. The first-order valence-corrected chi connectivity index (χ1v) is 7.71. The second kappa shape index (κ2) is 5.96. The average Bonchev–Trinajstić information content (AvgIpc) is 3.15. The Morgan fingerprint density at radius 3 is 2.77 bits per heavy atom. The Labute approximate surface area is 129 Å². The highest BCUT2D eigenvalue weighted by Gasteiger charge is 2.26. The lowest BCUT2D eigenvalue weighted by Gasteiger charge is -2.33. The van der Waals surface area contributed by atoms with E-state index >= 15 is 0 Å². The Balaban J connectivity index is 1.67. The highest BCUT2D eigenvalue weighted by Crippen LogP contribution is 2.23. The molecule has 0 bridgehead atoms.